The van der Waals surface area contributed by atoms with Gasteiger partial charge in [0.2, 0.25) is 0 Å². The number of halogens is 1. The quantitative estimate of drug-likeness (QED) is 0.846. The lowest BCUT2D eigenvalue weighted by atomic mass is 9.96. The minimum atomic E-state index is -0.147. The van der Waals surface area contributed by atoms with Crippen molar-refractivity contribution >= 4 is 17.4 Å². The predicted octanol–water partition coefficient (Wildman–Crippen LogP) is 4.50. The maximum Gasteiger partial charge on any atom is 0.137 e. The lowest BCUT2D eigenvalue weighted by Crippen LogP contribution is -2.18. The molecule has 2 aromatic rings. The first-order valence-electron chi connectivity index (χ1n) is 6.63. The van der Waals surface area contributed by atoms with Crippen LogP contribution in [0.2, 0.25) is 5.15 Å². The molecule has 2 heterocycles. The van der Waals surface area contributed by atoms with Crippen LogP contribution in [0.3, 0.4) is 0 Å². The maximum absolute atomic E-state index is 6.08. The molecule has 0 spiro atoms. The zero-order valence-corrected chi connectivity index (χ0v) is 13.2. The first-order valence-corrected chi connectivity index (χ1v) is 7.01. The van der Waals surface area contributed by atoms with Gasteiger partial charge in [-0.25, -0.2) is 9.97 Å². The third kappa shape index (κ3) is 3.51. The Balaban J connectivity index is 2.23. The van der Waals surface area contributed by atoms with Crippen molar-refractivity contribution in [3.05, 3.63) is 40.7 Å². The second kappa shape index (κ2) is 5.44. The molecule has 0 aliphatic rings. The van der Waals surface area contributed by atoms with Crippen LogP contribution >= 0.6 is 11.6 Å². The number of aryl methyl sites for hydroxylation is 1. The highest BCUT2D eigenvalue weighted by Gasteiger charge is 2.19. The summed E-state index contributed by atoms with van der Waals surface area (Å²) in [7, 11) is 0. The summed E-state index contributed by atoms with van der Waals surface area (Å²) in [5.41, 5.74) is -0.147. The van der Waals surface area contributed by atoms with Crippen LogP contribution in [0, 0.1) is 6.92 Å². The second-order valence-electron chi connectivity index (χ2n) is 5.96. The largest absolute Gasteiger partial charge is 0.464 e. The summed E-state index contributed by atoms with van der Waals surface area (Å²) in [5.74, 6) is 3.19. The van der Waals surface area contributed by atoms with Crippen LogP contribution in [0.25, 0.3) is 0 Å². The molecule has 0 bridgehead atoms. The lowest BCUT2D eigenvalue weighted by molar-refractivity contribution is 0.466. The third-order valence-corrected chi connectivity index (χ3v) is 3.11. The molecule has 0 radical (unpaired) electrons. The van der Waals surface area contributed by atoms with Crippen LogP contribution in [-0.4, -0.2) is 9.97 Å². The van der Waals surface area contributed by atoms with Gasteiger partial charge >= 0.3 is 0 Å². The smallest absolute Gasteiger partial charge is 0.137 e. The number of aromatic nitrogens is 2. The normalized spacial score (nSPS) is 13.3. The van der Waals surface area contributed by atoms with E-state index in [1.807, 2.05) is 26.0 Å². The van der Waals surface area contributed by atoms with Crippen LogP contribution in [0.4, 0.5) is 5.82 Å². The molecule has 5 heteroatoms. The Kier molecular flexibility index (Phi) is 4.04. The summed E-state index contributed by atoms with van der Waals surface area (Å²) >= 11 is 6.08. The Labute approximate surface area is 124 Å². The zero-order chi connectivity index (χ0) is 14.9. The fraction of sp³-hybridized carbons (Fsp3) is 0.467. The number of nitrogens with one attached hydrogen (secondary N) is 1. The van der Waals surface area contributed by atoms with Crippen molar-refractivity contribution in [2.45, 2.75) is 46.1 Å². The second-order valence-corrected chi connectivity index (χ2v) is 6.35. The van der Waals surface area contributed by atoms with Gasteiger partial charge in [0.1, 0.15) is 28.3 Å². The van der Waals surface area contributed by atoms with E-state index in [1.165, 1.54) is 0 Å². The van der Waals surface area contributed by atoms with Crippen LogP contribution in [0.1, 0.15) is 51.1 Å². The molecular formula is C15H20ClN3O. The highest BCUT2D eigenvalue weighted by atomic mass is 35.5. The van der Waals surface area contributed by atoms with E-state index in [0.29, 0.717) is 11.0 Å². The lowest BCUT2D eigenvalue weighted by Gasteiger charge is -2.19. The van der Waals surface area contributed by atoms with Crippen molar-refractivity contribution in [2.24, 2.45) is 0 Å². The van der Waals surface area contributed by atoms with E-state index >= 15 is 0 Å². The van der Waals surface area contributed by atoms with Crippen molar-refractivity contribution in [3.8, 4) is 0 Å². The molecule has 1 atom stereocenters. The summed E-state index contributed by atoms with van der Waals surface area (Å²) in [4.78, 5) is 8.81. The monoisotopic (exact) mass is 293 g/mol. The predicted molar refractivity (Wildman–Crippen MR) is 81.2 cm³/mol. The van der Waals surface area contributed by atoms with Gasteiger partial charge in [-0.15, -0.1) is 0 Å². The van der Waals surface area contributed by atoms with E-state index in [1.54, 1.807) is 6.07 Å². The van der Waals surface area contributed by atoms with Crippen LogP contribution in [0.15, 0.2) is 22.6 Å². The molecular weight excluding hydrogens is 274 g/mol. The minimum Gasteiger partial charge on any atom is -0.464 e. The van der Waals surface area contributed by atoms with E-state index in [4.69, 9.17) is 16.0 Å². The van der Waals surface area contributed by atoms with Gasteiger partial charge in [0.25, 0.3) is 0 Å². The molecule has 0 fully saturated rings. The Morgan fingerprint density at radius 1 is 1.25 bits per heavy atom. The highest BCUT2D eigenvalue weighted by molar-refractivity contribution is 6.29. The Morgan fingerprint density at radius 2 is 1.95 bits per heavy atom. The Hall–Kier alpha value is -1.55. The Morgan fingerprint density at radius 3 is 2.50 bits per heavy atom. The average Bonchev–Trinajstić information content (AvgIpc) is 2.74. The SMILES string of the molecule is Cc1ccc(C(C)Nc2cc(Cl)nc(C(C)(C)C)n2)o1. The average molecular weight is 294 g/mol. The van der Waals surface area contributed by atoms with Crippen molar-refractivity contribution in [3.63, 3.8) is 0 Å². The fourth-order valence-electron chi connectivity index (χ4n) is 1.81. The number of anilines is 1. The molecule has 1 unspecified atom stereocenters. The van der Waals surface area contributed by atoms with Gasteiger partial charge in [0.15, 0.2) is 0 Å². The first kappa shape index (κ1) is 14.9. The van der Waals surface area contributed by atoms with E-state index < -0.39 is 0 Å². The first-order chi connectivity index (χ1) is 9.25. The van der Waals surface area contributed by atoms with E-state index in [9.17, 15) is 0 Å². The van der Waals surface area contributed by atoms with Crippen molar-refractivity contribution in [2.75, 3.05) is 5.32 Å². The minimum absolute atomic E-state index is 0.0162. The molecule has 2 rings (SSSR count). The molecule has 0 amide bonds. The number of hydrogen-bond acceptors (Lipinski definition) is 4. The molecule has 0 aliphatic heterocycles. The van der Waals surface area contributed by atoms with Gasteiger partial charge in [0, 0.05) is 11.5 Å². The highest BCUT2D eigenvalue weighted by Crippen LogP contribution is 2.25. The summed E-state index contributed by atoms with van der Waals surface area (Å²) in [6, 6.07) is 5.65. The fourth-order valence-corrected chi connectivity index (χ4v) is 1.99. The van der Waals surface area contributed by atoms with Gasteiger partial charge in [-0.3, -0.25) is 0 Å². The Bertz CT molecular complexity index is 601. The third-order valence-electron chi connectivity index (χ3n) is 2.92. The van der Waals surface area contributed by atoms with Gasteiger partial charge in [-0.2, -0.15) is 0 Å². The van der Waals surface area contributed by atoms with Crippen LogP contribution in [-0.2, 0) is 5.41 Å². The van der Waals surface area contributed by atoms with Crippen molar-refractivity contribution < 1.29 is 4.42 Å². The molecule has 0 saturated heterocycles. The number of nitrogens with zero attached hydrogens (tertiary/aromatic N) is 2. The van der Waals surface area contributed by atoms with Crippen LogP contribution in [0.5, 0.6) is 0 Å². The van der Waals surface area contributed by atoms with E-state index in [0.717, 1.165) is 17.3 Å². The summed E-state index contributed by atoms with van der Waals surface area (Å²) in [6.45, 7) is 10.1. The molecule has 1 N–H and O–H groups in total. The molecule has 108 valence electrons. The van der Waals surface area contributed by atoms with Gasteiger partial charge in [-0.05, 0) is 26.0 Å². The standard InChI is InChI=1S/C15H20ClN3O/c1-9-6-7-11(20-9)10(2)17-13-8-12(16)18-14(19-13)15(3,4)5/h6-8,10H,1-5H3,(H,17,18,19). The van der Waals surface area contributed by atoms with Gasteiger partial charge in [-0.1, -0.05) is 32.4 Å². The van der Waals surface area contributed by atoms with Gasteiger partial charge < -0.3 is 9.73 Å². The maximum atomic E-state index is 6.08. The van der Waals surface area contributed by atoms with Crippen molar-refractivity contribution in [1.29, 1.82) is 0 Å². The van der Waals surface area contributed by atoms with E-state index in [2.05, 4.69) is 36.1 Å². The number of furan rings is 1. The molecule has 0 aliphatic carbocycles. The number of rotatable bonds is 3. The summed E-state index contributed by atoms with van der Waals surface area (Å²) in [6.07, 6.45) is 0. The summed E-state index contributed by atoms with van der Waals surface area (Å²) < 4.78 is 5.61. The topological polar surface area (TPSA) is 51.0 Å². The van der Waals surface area contributed by atoms with Gasteiger partial charge in [0.05, 0.1) is 6.04 Å². The molecule has 20 heavy (non-hydrogen) atoms. The summed E-state index contributed by atoms with van der Waals surface area (Å²) in [5, 5.41) is 3.74. The molecule has 0 aromatic carbocycles. The molecule has 2 aromatic heterocycles. The van der Waals surface area contributed by atoms with E-state index in [-0.39, 0.29) is 11.5 Å². The molecule has 4 nitrogen and oxygen atoms in total. The molecule has 0 saturated carbocycles. The number of hydrogen-bond donors (Lipinski definition) is 1. The van der Waals surface area contributed by atoms with Crippen LogP contribution < -0.4 is 5.32 Å². The van der Waals surface area contributed by atoms with Crippen molar-refractivity contribution in [1.82, 2.24) is 9.97 Å². The zero-order valence-electron chi connectivity index (χ0n) is 12.5.